The number of Topliss-reactive ketones (excluding diaryl/α,β-unsaturated/α-hetero) is 4. The number of hydrogen-bond acceptors (Lipinski definition) is 34. The molecule has 4 aliphatic carbocycles. The number of hydrogen-bond donors (Lipinski definition) is 8. The van der Waals surface area contributed by atoms with E-state index in [0.717, 1.165) is 260 Å². The Morgan fingerprint density at radius 3 is 1.32 bits per heavy atom. The Labute approximate surface area is 801 Å². The first kappa shape index (κ1) is 92.4. The van der Waals surface area contributed by atoms with Crippen molar-refractivity contribution in [1.82, 2.24) is 124 Å². The lowest BCUT2D eigenvalue weighted by Crippen LogP contribution is -2.43. The normalized spacial score (nSPS) is 16.6. The van der Waals surface area contributed by atoms with E-state index in [1.165, 1.54) is 38.8 Å². The number of carbonyl (C=O) groups is 4. The van der Waals surface area contributed by atoms with E-state index in [-0.39, 0.29) is 91.8 Å². The number of pyridine rings is 5. The van der Waals surface area contributed by atoms with Crippen LogP contribution < -0.4 is 74.6 Å². The molecule has 15 aromatic rings. The fourth-order valence-corrected chi connectivity index (χ4v) is 22.1. The van der Waals surface area contributed by atoms with Gasteiger partial charge in [-0.15, -0.1) is 21.5 Å². The monoisotopic (exact) mass is 1890 g/mol. The molecule has 0 spiro atoms. The molecule has 6 fully saturated rings. The Kier molecular flexibility index (Phi) is 26.3. The molecule has 40 heteroatoms. The molecule has 4 saturated carbocycles. The quantitative estimate of drug-likeness (QED) is 0.0349. The molecule has 4 aliphatic heterocycles. The molecule has 8 N–H and O–H groups in total. The Morgan fingerprint density at radius 2 is 0.856 bits per heavy atom. The standard InChI is InChI=1S/C26H27N7O2S.2C25H29N9O2.C23H26N6O2/c1-14-18-11-28-26(32-24(18)33(17-5-3-4-6-17)25(35)20(14)15(2)34)31-23-22-21(29-13-30-23)19(12-36-22)16-7-9-27-10-8-16;1-15-19-13-28-25(30-23(19)34(18-5-3-4-6-18)24(36)22(15)16(2)35)29-17-12-27-20-11-21(31-33(20)14-17)32-9-7-26-8-10-32;1-15-18-13-27-25(30-23(18)34(17-5-3-4-6-17)24(36)22(15)16(2)35)28-19-7-8-20-29-21(14-33(20)31-19)32-11-9-26-10-12-32;1-13-17-12-25-23(27-19-8-7-15-11-24-10-9-18(15)26-19)28-21(17)29(16-5-3-4-6-16)22(31)20(13)14(2)30/h7,11-13,17,27H,3-6,8-10H2,1-2H3,(H,28,29,30,31,32);11-14,18,26H,3-10H2,1-2H3,(H,28,29,30);7-8,13-14,17,26H,3-6,9-12H2,1-2H3,(H,27,28,30,31);7-8,12,16,24H,3-6,9-11H2,1-2H3,(H,25,26,27,28). The number of aromatic nitrogens is 21. The van der Waals surface area contributed by atoms with Crippen LogP contribution in [0, 0.1) is 27.7 Å². The Balaban J connectivity index is 0.000000114. The molecule has 39 nitrogen and oxygen atoms in total. The zero-order valence-corrected chi connectivity index (χ0v) is 80.0. The predicted octanol–water partition coefficient (Wildman–Crippen LogP) is 13.0. The largest absolute Gasteiger partial charge is 0.353 e. The molecule has 0 atom stereocenters. The molecule has 0 bridgehead atoms. The van der Waals surface area contributed by atoms with Crippen LogP contribution in [0.15, 0.2) is 111 Å². The summed E-state index contributed by atoms with van der Waals surface area (Å²) in [7, 11) is 0. The predicted molar refractivity (Wildman–Crippen MR) is 536 cm³/mol. The van der Waals surface area contributed by atoms with Gasteiger partial charge in [0.05, 0.1) is 56.7 Å². The Bertz CT molecular complexity index is 7460. The smallest absolute Gasteiger partial charge is 0.263 e. The number of nitrogens with one attached hydrogen (secondary N) is 8. The highest BCUT2D eigenvalue weighted by Crippen LogP contribution is 2.40. The fourth-order valence-electron chi connectivity index (χ4n) is 21.1. The summed E-state index contributed by atoms with van der Waals surface area (Å²) in [5, 5.41) is 40.7. The van der Waals surface area contributed by atoms with Crippen molar-refractivity contribution in [3.05, 3.63) is 194 Å². The number of carbonyl (C=O) groups excluding carboxylic acids is 4. The molecule has 19 heterocycles. The summed E-state index contributed by atoms with van der Waals surface area (Å²) in [6, 6.07) is 9.87. The van der Waals surface area contributed by atoms with Crippen LogP contribution in [0.2, 0.25) is 0 Å². The van der Waals surface area contributed by atoms with Gasteiger partial charge < -0.3 is 52.3 Å². The zero-order valence-electron chi connectivity index (χ0n) is 79.1. The first-order valence-electron chi connectivity index (χ1n) is 48.3. The van der Waals surface area contributed by atoms with Crippen LogP contribution in [0.5, 0.6) is 0 Å². The van der Waals surface area contributed by atoms with Crippen molar-refractivity contribution in [2.75, 3.05) is 103 Å². The first-order chi connectivity index (χ1) is 67.5. The van der Waals surface area contributed by atoms with E-state index in [9.17, 15) is 38.4 Å². The van der Waals surface area contributed by atoms with E-state index in [1.807, 2.05) is 36.7 Å². The summed E-state index contributed by atoms with van der Waals surface area (Å²) in [4.78, 5) is 167. The lowest BCUT2D eigenvalue weighted by atomic mass is 10.0. The minimum Gasteiger partial charge on any atom is -0.353 e. The average molecular weight is 1900 g/mol. The lowest BCUT2D eigenvalue weighted by Gasteiger charge is -2.26. The molecule has 2 saturated heterocycles. The number of anilines is 10. The number of thiophene rings is 1. The average Bonchev–Trinajstić information content (AvgIpc) is 1.71. The number of aryl methyl sites for hydroxylation is 4. The maximum absolute atomic E-state index is 13.5. The molecule has 23 rings (SSSR count). The van der Waals surface area contributed by atoms with Gasteiger partial charge in [-0.3, -0.25) is 56.6 Å². The van der Waals surface area contributed by atoms with Crippen LogP contribution in [0.1, 0.15) is 242 Å². The van der Waals surface area contributed by atoms with E-state index in [1.54, 1.807) is 104 Å². The summed E-state index contributed by atoms with van der Waals surface area (Å²) < 4.78 is 11.3. The molecular formula is C99H111N31O8S. The molecule has 0 radical (unpaired) electrons. The molecule has 716 valence electrons. The summed E-state index contributed by atoms with van der Waals surface area (Å²) in [6.07, 6.45) is 33.7. The number of nitrogens with zero attached hydrogens (tertiary/aromatic N) is 23. The second-order valence-corrected chi connectivity index (χ2v) is 38.0. The van der Waals surface area contributed by atoms with Gasteiger partial charge >= 0.3 is 0 Å². The van der Waals surface area contributed by atoms with Crippen LogP contribution in [0.3, 0.4) is 0 Å². The van der Waals surface area contributed by atoms with Gasteiger partial charge in [-0.05, 0) is 171 Å². The molecule has 8 aliphatic rings. The van der Waals surface area contributed by atoms with Crippen molar-refractivity contribution in [2.45, 2.75) is 202 Å². The summed E-state index contributed by atoms with van der Waals surface area (Å²) >= 11 is 1.59. The van der Waals surface area contributed by atoms with Crippen LogP contribution >= 0.6 is 11.3 Å². The van der Waals surface area contributed by atoms with Crippen molar-refractivity contribution in [3.8, 4) is 0 Å². The van der Waals surface area contributed by atoms with Gasteiger partial charge in [0.1, 0.15) is 40.6 Å². The first-order valence-corrected chi connectivity index (χ1v) is 49.2. The number of rotatable bonds is 19. The highest BCUT2D eigenvalue weighted by atomic mass is 32.1. The second kappa shape index (κ2) is 39.6. The third kappa shape index (κ3) is 18.5. The number of imidazole rings is 1. The van der Waals surface area contributed by atoms with Crippen molar-refractivity contribution >= 4 is 164 Å². The maximum Gasteiger partial charge on any atom is 0.263 e. The van der Waals surface area contributed by atoms with Gasteiger partial charge in [-0.25, -0.2) is 53.9 Å². The number of ketones is 4. The Hall–Kier alpha value is -14.4. The van der Waals surface area contributed by atoms with Crippen molar-refractivity contribution in [3.63, 3.8) is 0 Å². The second-order valence-electron chi connectivity index (χ2n) is 37.1. The van der Waals surface area contributed by atoms with Gasteiger partial charge in [0, 0.05) is 172 Å². The van der Waals surface area contributed by atoms with Gasteiger partial charge in [-0.1, -0.05) is 63.5 Å². The summed E-state index contributed by atoms with van der Waals surface area (Å²) in [6.45, 7) is 23.9. The van der Waals surface area contributed by atoms with Gasteiger partial charge in [0.15, 0.2) is 51.9 Å². The SMILES string of the molecule is CC(=O)c1c(C)c2cnc(Nc3ccc4c(n3)CCNC4)nc2n(C2CCCC2)c1=O.CC(=O)c1c(C)c2cnc(Nc3ccc4nc(N5CCNCC5)cn4n3)nc2n(C2CCCC2)c1=O.CC(=O)c1c(C)c2cnc(Nc3cnc4cc(N5CCNCC5)nn4c3)nc2n(C2CCCC2)c1=O.CC(=O)c1c(C)c2cnc(Nc3ncnc4c(C5=CCNCC5)csc34)nc2n(C2CCCC2)c1=O. The highest BCUT2D eigenvalue weighted by molar-refractivity contribution is 7.18. The zero-order chi connectivity index (χ0) is 96.0. The van der Waals surface area contributed by atoms with E-state index in [2.05, 4.69) is 110 Å². The molecule has 0 amide bonds. The van der Waals surface area contributed by atoms with Gasteiger partial charge in [0.25, 0.3) is 22.2 Å². The summed E-state index contributed by atoms with van der Waals surface area (Å²) in [5.41, 5.74) is 12.5. The van der Waals surface area contributed by atoms with Gasteiger partial charge in [-0.2, -0.15) is 19.9 Å². The van der Waals surface area contributed by atoms with Crippen molar-refractivity contribution < 1.29 is 19.2 Å². The highest BCUT2D eigenvalue weighted by Gasteiger charge is 2.33. The molecular weight excluding hydrogens is 1780 g/mol. The fraction of sp³-hybridized carbons (Fsp3) is 0.424. The minimum atomic E-state index is -0.262. The summed E-state index contributed by atoms with van der Waals surface area (Å²) in [5.74, 6) is 4.26. The lowest BCUT2D eigenvalue weighted by molar-refractivity contribution is 0.100. The molecule has 0 unspecified atom stereocenters. The van der Waals surface area contributed by atoms with Crippen LogP contribution in [0.25, 0.3) is 71.2 Å². The van der Waals surface area contributed by atoms with E-state index >= 15 is 0 Å². The Morgan fingerprint density at radius 1 is 0.417 bits per heavy atom. The van der Waals surface area contributed by atoms with Crippen LogP contribution in [-0.2, 0) is 13.0 Å². The van der Waals surface area contributed by atoms with E-state index in [4.69, 9.17) is 35.0 Å². The maximum atomic E-state index is 13.5. The van der Waals surface area contributed by atoms with Crippen LogP contribution in [0.4, 0.5) is 58.6 Å². The molecule has 15 aromatic heterocycles. The van der Waals surface area contributed by atoms with Crippen molar-refractivity contribution in [1.29, 1.82) is 0 Å². The van der Waals surface area contributed by atoms with Crippen LogP contribution in [-0.4, -0.2) is 197 Å². The molecule has 0 aromatic carbocycles. The van der Waals surface area contributed by atoms with Crippen molar-refractivity contribution in [2.24, 2.45) is 0 Å². The number of fused-ring (bicyclic) bond motifs is 8. The third-order valence-corrected chi connectivity index (χ3v) is 29.1. The molecule has 139 heavy (non-hydrogen) atoms. The van der Waals surface area contributed by atoms with E-state index in [0.29, 0.717) is 91.8 Å². The third-order valence-electron chi connectivity index (χ3n) is 28.1. The van der Waals surface area contributed by atoms with E-state index < -0.39 is 0 Å². The number of piperazine rings is 2. The minimum absolute atomic E-state index is 0.0327. The van der Waals surface area contributed by atoms with Gasteiger partial charge in [0.2, 0.25) is 23.8 Å². The topological polar surface area (TPSA) is 461 Å².